The highest BCUT2D eigenvalue weighted by atomic mass is 19.1. The molecule has 0 aromatic heterocycles. The van der Waals surface area contributed by atoms with Crippen molar-refractivity contribution >= 4 is 0 Å². The normalized spacial score (nSPS) is 9.72. The molecule has 0 bridgehead atoms. The van der Waals surface area contributed by atoms with Gasteiger partial charge in [0.1, 0.15) is 5.82 Å². The minimum atomic E-state index is -0.334. The number of rotatable bonds is 4. The monoisotopic (exact) mass is 245 g/mol. The molecule has 1 rings (SSSR count). The Hall–Kier alpha value is -1.88. The lowest BCUT2D eigenvalue weighted by molar-refractivity contribution is 0.335. The van der Waals surface area contributed by atoms with Crippen molar-refractivity contribution in [3.8, 4) is 17.9 Å². The minimum Gasteiger partial charge on any atom is -0.320 e. The first-order valence-electron chi connectivity index (χ1n) is 5.70. The Kier molecular flexibility index (Phi) is 5.87. The first kappa shape index (κ1) is 14.2. The van der Waals surface area contributed by atoms with Crippen molar-refractivity contribution in [2.75, 3.05) is 20.1 Å². The number of hydrogen-bond acceptors (Lipinski definition) is 3. The van der Waals surface area contributed by atoms with E-state index >= 15 is 0 Å². The number of hydrogen-bond donors (Lipinski definition) is 1. The van der Waals surface area contributed by atoms with Gasteiger partial charge in [-0.2, -0.15) is 5.26 Å². The summed E-state index contributed by atoms with van der Waals surface area (Å²) in [5.41, 5.74) is 6.60. The van der Waals surface area contributed by atoms with E-state index in [2.05, 4.69) is 17.9 Å². The Bertz CT molecular complexity index is 494. The third kappa shape index (κ3) is 4.55. The summed E-state index contributed by atoms with van der Waals surface area (Å²) < 4.78 is 13.4. The van der Waals surface area contributed by atoms with Crippen molar-refractivity contribution in [1.29, 1.82) is 5.26 Å². The Balaban J connectivity index is 2.76. The quantitative estimate of drug-likeness (QED) is 0.817. The van der Waals surface area contributed by atoms with Crippen LogP contribution in [0.5, 0.6) is 0 Å². The summed E-state index contributed by atoms with van der Waals surface area (Å²) in [5, 5.41) is 8.50. The standard InChI is InChI=1S/C14H16FN3/c1-18(9-3-8-17)11-12-5-6-14(15)13(10-12)4-2-7-16/h5-6,10H,3,7,9,11,16H2,1H3. The molecule has 0 unspecified atom stereocenters. The smallest absolute Gasteiger partial charge is 0.138 e. The Morgan fingerprint density at radius 2 is 2.22 bits per heavy atom. The molecule has 4 heteroatoms. The summed E-state index contributed by atoms with van der Waals surface area (Å²) in [4.78, 5) is 2.01. The van der Waals surface area contributed by atoms with E-state index in [4.69, 9.17) is 11.0 Å². The minimum absolute atomic E-state index is 0.214. The van der Waals surface area contributed by atoms with E-state index in [9.17, 15) is 4.39 Å². The van der Waals surface area contributed by atoms with Crippen LogP contribution in [0.3, 0.4) is 0 Å². The van der Waals surface area contributed by atoms with E-state index in [1.807, 2.05) is 11.9 Å². The molecule has 2 N–H and O–H groups in total. The fourth-order valence-corrected chi connectivity index (χ4v) is 1.54. The molecule has 0 heterocycles. The average Bonchev–Trinajstić information content (AvgIpc) is 2.37. The predicted octanol–water partition coefficient (Wildman–Crippen LogP) is 1.48. The molecule has 1 aromatic rings. The van der Waals surface area contributed by atoms with Crippen molar-refractivity contribution in [3.05, 3.63) is 35.1 Å². The molecular formula is C14H16FN3. The van der Waals surface area contributed by atoms with Crippen LogP contribution in [-0.4, -0.2) is 25.0 Å². The fraction of sp³-hybridized carbons (Fsp3) is 0.357. The Morgan fingerprint density at radius 1 is 1.44 bits per heavy atom. The summed E-state index contributed by atoms with van der Waals surface area (Å²) >= 11 is 0. The molecule has 0 amide bonds. The zero-order valence-corrected chi connectivity index (χ0v) is 10.4. The third-order valence-electron chi connectivity index (χ3n) is 2.41. The average molecular weight is 245 g/mol. The molecule has 18 heavy (non-hydrogen) atoms. The zero-order valence-electron chi connectivity index (χ0n) is 10.4. The third-order valence-corrected chi connectivity index (χ3v) is 2.41. The van der Waals surface area contributed by atoms with Gasteiger partial charge in [0.25, 0.3) is 0 Å². The highest BCUT2D eigenvalue weighted by Gasteiger charge is 2.04. The van der Waals surface area contributed by atoms with Crippen LogP contribution in [0, 0.1) is 29.0 Å². The van der Waals surface area contributed by atoms with Gasteiger partial charge in [-0.3, -0.25) is 0 Å². The molecule has 0 atom stereocenters. The molecule has 3 nitrogen and oxygen atoms in total. The van der Waals surface area contributed by atoms with E-state index in [1.165, 1.54) is 6.07 Å². The van der Waals surface area contributed by atoms with Gasteiger partial charge in [-0.25, -0.2) is 4.39 Å². The van der Waals surface area contributed by atoms with Gasteiger partial charge in [0.15, 0.2) is 0 Å². The second kappa shape index (κ2) is 7.45. The van der Waals surface area contributed by atoms with E-state index in [-0.39, 0.29) is 12.4 Å². The number of nitrogens with two attached hydrogens (primary N) is 1. The van der Waals surface area contributed by atoms with Crippen molar-refractivity contribution in [3.63, 3.8) is 0 Å². The number of halogens is 1. The SMILES string of the molecule is CN(CCC#N)Cc1ccc(F)c(C#CCN)c1. The van der Waals surface area contributed by atoms with Crippen molar-refractivity contribution < 1.29 is 4.39 Å². The molecule has 0 saturated carbocycles. The van der Waals surface area contributed by atoms with Gasteiger partial charge >= 0.3 is 0 Å². The van der Waals surface area contributed by atoms with Gasteiger partial charge in [0.2, 0.25) is 0 Å². The highest BCUT2D eigenvalue weighted by Crippen LogP contribution is 2.11. The van der Waals surface area contributed by atoms with Crippen LogP contribution in [0.15, 0.2) is 18.2 Å². The van der Waals surface area contributed by atoms with Gasteiger partial charge in [0, 0.05) is 19.5 Å². The molecule has 0 aliphatic carbocycles. The summed E-state index contributed by atoms with van der Waals surface area (Å²) in [5.74, 6) is 5.02. The second-order valence-corrected chi connectivity index (χ2v) is 3.97. The predicted molar refractivity (Wildman–Crippen MR) is 68.9 cm³/mol. The topological polar surface area (TPSA) is 53.0 Å². The van der Waals surface area contributed by atoms with Crippen molar-refractivity contribution in [2.24, 2.45) is 5.73 Å². The maximum Gasteiger partial charge on any atom is 0.138 e. The summed E-state index contributed by atoms with van der Waals surface area (Å²) in [6.07, 6.45) is 0.484. The van der Waals surface area contributed by atoms with Crippen molar-refractivity contribution in [1.82, 2.24) is 4.90 Å². The zero-order chi connectivity index (χ0) is 13.4. The molecule has 0 saturated heterocycles. The van der Waals surface area contributed by atoms with Gasteiger partial charge in [-0.1, -0.05) is 17.9 Å². The van der Waals surface area contributed by atoms with Gasteiger partial charge in [-0.05, 0) is 24.7 Å². The molecule has 1 aromatic carbocycles. The molecular weight excluding hydrogens is 229 g/mol. The second-order valence-electron chi connectivity index (χ2n) is 3.97. The van der Waals surface area contributed by atoms with Crippen LogP contribution in [0.25, 0.3) is 0 Å². The number of benzene rings is 1. The van der Waals surface area contributed by atoms with Crippen LogP contribution >= 0.6 is 0 Å². The first-order chi connectivity index (χ1) is 8.67. The highest BCUT2D eigenvalue weighted by molar-refractivity contribution is 5.38. The summed E-state index contributed by atoms with van der Waals surface area (Å²) in [7, 11) is 1.92. The van der Waals surface area contributed by atoms with E-state index in [1.54, 1.807) is 12.1 Å². The number of nitriles is 1. The van der Waals surface area contributed by atoms with E-state index < -0.39 is 0 Å². The van der Waals surface area contributed by atoms with E-state index in [0.29, 0.717) is 25.1 Å². The molecule has 0 spiro atoms. The lowest BCUT2D eigenvalue weighted by Gasteiger charge is -2.15. The van der Waals surface area contributed by atoms with Crippen LogP contribution in [-0.2, 0) is 6.54 Å². The Labute approximate surface area is 107 Å². The maximum atomic E-state index is 13.4. The van der Waals surface area contributed by atoms with Gasteiger partial charge < -0.3 is 10.6 Å². The molecule has 94 valence electrons. The summed E-state index contributed by atoms with van der Waals surface area (Å²) in [6.45, 7) is 1.57. The molecule has 0 fully saturated rings. The van der Waals surface area contributed by atoms with Crippen LogP contribution in [0.2, 0.25) is 0 Å². The lowest BCUT2D eigenvalue weighted by Crippen LogP contribution is -2.18. The van der Waals surface area contributed by atoms with E-state index in [0.717, 1.165) is 5.56 Å². The van der Waals surface area contributed by atoms with Crippen LogP contribution in [0.1, 0.15) is 17.5 Å². The van der Waals surface area contributed by atoms with Gasteiger partial charge in [-0.15, -0.1) is 0 Å². The van der Waals surface area contributed by atoms with Crippen LogP contribution in [0.4, 0.5) is 4.39 Å². The summed E-state index contributed by atoms with van der Waals surface area (Å²) in [6, 6.07) is 6.96. The van der Waals surface area contributed by atoms with Gasteiger partial charge in [0.05, 0.1) is 18.2 Å². The molecule has 0 radical (unpaired) electrons. The molecule has 0 aliphatic heterocycles. The fourth-order valence-electron chi connectivity index (χ4n) is 1.54. The van der Waals surface area contributed by atoms with Crippen molar-refractivity contribution in [2.45, 2.75) is 13.0 Å². The lowest BCUT2D eigenvalue weighted by atomic mass is 10.1. The maximum absolute atomic E-state index is 13.4. The molecule has 0 aliphatic rings. The number of nitrogens with zero attached hydrogens (tertiary/aromatic N) is 2. The largest absolute Gasteiger partial charge is 0.320 e. The van der Waals surface area contributed by atoms with Crippen LogP contribution < -0.4 is 5.73 Å². The Morgan fingerprint density at radius 3 is 2.89 bits per heavy atom. The first-order valence-corrected chi connectivity index (χ1v) is 5.70.